The van der Waals surface area contributed by atoms with Gasteiger partial charge >= 0.3 is 0 Å². The van der Waals surface area contributed by atoms with Crippen LogP contribution < -0.4 is 0 Å². The Morgan fingerprint density at radius 1 is 1.08 bits per heavy atom. The lowest BCUT2D eigenvalue weighted by molar-refractivity contribution is 0.588. The molecule has 12 heavy (non-hydrogen) atoms. The van der Waals surface area contributed by atoms with Crippen LogP contribution in [0.15, 0.2) is 0 Å². The van der Waals surface area contributed by atoms with Crippen LogP contribution in [-0.2, 0) is 0 Å². The first-order valence-corrected chi connectivity index (χ1v) is 6.57. The van der Waals surface area contributed by atoms with E-state index in [1.807, 2.05) is 0 Å². The van der Waals surface area contributed by atoms with Gasteiger partial charge in [0, 0.05) is 10.7 Å². The van der Waals surface area contributed by atoms with Crippen molar-refractivity contribution in [2.24, 2.45) is 0 Å². The maximum absolute atomic E-state index is 5.96. The van der Waals surface area contributed by atoms with E-state index in [1.165, 1.54) is 44.9 Å². The predicted octanol–water partition coefficient (Wildman–Crippen LogP) is 4.74. The van der Waals surface area contributed by atoms with Gasteiger partial charge in [-0.05, 0) is 6.42 Å². The summed E-state index contributed by atoms with van der Waals surface area (Å²) < 4.78 is 0. The van der Waals surface area contributed by atoms with E-state index in [-0.39, 0.29) is 0 Å². The van der Waals surface area contributed by atoms with E-state index in [4.69, 9.17) is 11.6 Å². The highest BCUT2D eigenvalue weighted by Gasteiger charge is 2.00. The second-order valence-corrected chi connectivity index (χ2v) is 4.57. The van der Waals surface area contributed by atoms with Gasteiger partial charge in [-0.1, -0.05) is 61.4 Å². The minimum Gasteiger partial charge on any atom is -0.122 e. The minimum absolute atomic E-state index is 0.344. The van der Waals surface area contributed by atoms with Crippen molar-refractivity contribution in [1.29, 1.82) is 0 Å². The van der Waals surface area contributed by atoms with Crippen molar-refractivity contribution in [3.63, 3.8) is 0 Å². The third-order valence-corrected chi connectivity index (χ3v) is 3.57. The number of hydrogen-bond acceptors (Lipinski definition) is 0. The molecule has 0 N–H and O–H groups in total. The van der Waals surface area contributed by atoms with Gasteiger partial charge in [0.1, 0.15) is 0 Å². The molecule has 0 aromatic carbocycles. The van der Waals surface area contributed by atoms with Crippen molar-refractivity contribution in [3.05, 3.63) is 0 Å². The predicted molar refractivity (Wildman–Crippen MR) is 61.4 cm³/mol. The Morgan fingerprint density at radius 3 is 2.25 bits per heavy atom. The van der Waals surface area contributed by atoms with Crippen LogP contribution in [0.1, 0.15) is 51.9 Å². The van der Waals surface area contributed by atoms with Crippen LogP contribution in [0.3, 0.4) is 0 Å². The fourth-order valence-corrected chi connectivity index (χ4v) is 1.70. The smallest absolute Gasteiger partial charge is 0.0432 e. The topological polar surface area (TPSA) is 0 Å². The minimum atomic E-state index is 0.344. The van der Waals surface area contributed by atoms with Crippen LogP contribution in [0.2, 0.25) is 0 Å². The van der Waals surface area contributed by atoms with Gasteiger partial charge in [0.15, 0.2) is 0 Å². The standard InChI is InChI=1S/C10H20BrCl/c1-2-3-4-5-6-7-8-10(12)9-11/h10H,2-9H2,1H3. The molecule has 0 aromatic rings. The van der Waals surface area contributed by atoms with Gasteiger partial charge in [0.25, 0.3) is 0 Å². The van der Waals surface area contributed by atoms with Gasteiger partial charge in [0.2, 0.25) is 0 Å². The fourth-order valence-electron chi connectivity index (χ4n) is 1.22. The highest BCUT2D eigenvalue weighted by Crippen LogP contribution is 2.12. The van der Waals surface area contributed by atoms with Gasteiger partial charge < -0.3 is 0 Å². The maximum Gasteiger partial charge on any atom is 0.0432 e. The van der Waals surface area contributed by atoms with E-state index >= 15 is 0 Å². The highest BCUT2D eigenvalue weighted by molar-refractivity contribution is 9.09. The Hall–Kier alpha value is 0.770. The SMILES string of the molecule is CCCCCCCCC(Cl)CBr. The summed E-state index contributed by atoms with van der Waals surface area (Å²) in [6.45, 7) is 2.25. The average molecular weight is 256 g/mol. The summed E-state index contributed by atoms with van der Waals surface area (Å²) in [5, 5.41) is 1.28. The van der Waals surface area contributed by atoms with Gasteiger partial charge in [-0.3, -0.25) is 0 Å². The van der Waals surface area contributed by atoms with Crippen LogP contribution in [0.25, 0.3) is 0 Å². The first-order chi connectivity index (χ1) is 5.81. The number of alkyl halides is 2. The number of rotatable bonds is 8. The molecule has 0 aliphatic rings. The Bertz CT molecular complexity index is 85.9. The van der Waals surface area contributed by atoms with E-state index in [0.717, 1.165) is 5.33 Å². The molecule has 0 saturated heterocycles. The van der Waals surface area contributed by atoms with E-state index in [9.17, 15) is 0 Å². The van der Waals surface area contributed by atoms with E-state index < -0.39 is 0 Å². The normalized spacial score (nSPS) is 13.2. The van der Waals surface area contributed by atoms with Crippen molar-refractivity contribution in [1.82, 2.24) is 0 Å². The molecule has 0 amide bonds. The molecule has 0 aliphatic heterocycles. The average Bonchev–Trinajstić information content (AvgIpc) is 2.10. The van der Waals surface area contributed by atoms with Crippen LogP contribution in [0.5, 0.6) is 0 Å². The molecular formula is C10H20BrCl. The van der Waals surface area contributed by atoms with Crippen LogP contribution in [-0.4, -0.2) is 10.7 Å². The summed E-state index contributed by atoms with van der Waals surface area (Å²) in [6, 6.07) is 0. The third-order valence-electron chi connectivity index (χ3n) is 2.04. The second kappa shape index (κ2) is 9.85. The Morgan fingerprint density at radius 2 is 1.67 bits per heavy atom. The lowest BCUT2D eigenvalue weighted by Gasteiger charge is -2.04. The van der Waals surface area contributed by atoms with Crippen molar-refractivity contribution in [3.8, 4) is 0 Å². The molecule has 0 rings (SSSR count). The van der Waals surface area contributed by atoms with Crippen LogP contribution in [0.4, 0.5) is 0 Å². The largest absolute Gasteiger partial charge is 0.122 e. The van der Waals surface area contributed by atoms with Gasteiger partial charge in [-0.25, -0.2) is 0 Å². The summed E-state index contributed by atoms with van der Waals surface area (Å²) in [5.41, 5.74) is 0. The zero-order chi connectivity index (χ0) is 9.23. The monoisotopic (exact) mass is 254 g/mol. The summed E-state index contributed by atoms with van der Waals surface area (Å²) in [7, 11) is 0. The molecule has 0 bridgehead atoms. The molecular weight excluding hydrogens is 235 g/mol. The molecule has 1 unspecified atom stereocenters. The zero-order valence-corrected chi connectivity index (χ0v) is 10.3. The summed E-state index contributed by atoms with van der Waals surface area (Å²) in [4.78, 5) is 0. The Labute approximate surface area is 90.2 Å². The van der Waals surface area contributed by atoms with E-state index in [2.05, 4.69) is 22.9 Å². The fraction of sp³-hybridized carbons (Fsp3) is 1.00. The lowest BCUT2D eigenvalue weighted by Crippen LogP contribution is -1.98. The van der Waals surface area contributed by atoms with Crippen LogP contribution in [0, 0.1) is 0 Å². The molecule has 0 saturated carbocycles. The van der Waals surface area contributed by atoms with Crippen molar-refractivity contribution >= 4 is 27.5 Å². The van der Waals surface area contributed by atoms with Gasteiger partial charge in [0.05, 0.1) is 0 Å². The molecule has 2 heteroatoms. The molecule has 0 aliphatic carbocycles. The Kier molecular flexibility index (Phi) is 10.5. The van der Waals surface area contributed by atoms with Gasteiger partial charge in [-0.15, -0.1) is 11.6 Å². The zero-order valence-electron chi connectivity index (χ0n) is 7.99. The molecule has 0 radical (unpaired) electrons. The van der Waals surface area contributed by atoms with E-state index in [1.54, 1.807) is 0 Å². The Balaban J connectivity index is 2.90. The van der Waals surface area contributed by atoms with Crippen LogP contribution >= 0.6 is 27.5 Å². The molecule has 74 valence electrons. The maximum atomic E-state index is 5.96. The van der Waals surface area contributed by atoms with Crippen molar-refractivity contribution in [2.75, 3.05) is 5.33 Å². The van der Waals surface area contributed by atoms with Crippen molar-refractivity contribution < 1.29 is 0 Å². The number of unbranched alkanes of at least 4 members (excludes halogenated alkanes) is 5. The molecule has 0 nitrogen and oxygen atoms in total. The third kappa shape index (κ3) is 8.86. The van der Waals surface area contributed by atoms with Crippen molar-refractivity contribution in [2.45, 2.75) is 57.2 Å². The second-order valence-electron chi connectivity index (χ2n) is 3.31. The summed E-state index contributed by atoms with van der Waals surface area (Å²) in [5.74, 6) is 0. The number of halogens is 2. The number of hydrogen-bond donors (Lipinski definition) is 0. The molecule has 0 aromatic heterocycles. The van der Waals surface area contributed by atoms with Gasteiger partial charge in [-0.2, -0.15) is 0 Å². The first kappa shape index (κ1) is 12.8. The van der Waals surface area contributed by atoms with E-state index in [0.29, 0.717) is 5.38 Å². The molecule has 0 spiro atoms. The summed E-state index contributed by atoms with van der Waals surface area (Å²) in [6.07, 6.45) is 9.33. The first-order valence-electron chi connectivity index (χ1n) is 5.01. The highest BCUT2D eigenvalue weighted by atomic mass is 79.9. The molecule has 1 atom stereocenters. The molecule has 0 heterocycles. The summed E-state index contributed by atoms with van der Waals surface area (Å²) >= 11 is 9.34. The lowest BCUT2D eigenvalue weighted by atomic mass is 10.1. The molecule has 0 fully saturated rings. The quantitative estimate of drug-likeness (QED) is 0.434.